The molecule has 2 heterocycles. The van der Waals surface area contributed by atoms with E-state index in [-0.39, 0.29) is 30.1 Å². The van der Waals surface area contributed by atoms with Gasteiger partial charge in [-0.3, -0.25) is 4.72 Å². The Morgan fingerprint density at radius 3 is 2.65 bits per heavy atom. The maximum Gasteiger partial charge on any atom is 0.373 e. The van der Waals surface area contributed by atoms with Gasteiger partial charge >= 0.3 is 16.4 Å². The number of halogens is 2. The molecule has 1 aliphatic rings. The number of benzene rings is 2. The van der Waals surface area contributed by atoms with E-state index in [4.69, 9.17) is 25.9 Å². The first-order valence-electron chi connectivity index (χ1n) is 9.10. The lowest BCUT2D eigenvalue weighted by molar-refractivity contribution is -0.191. The Kier molecular flexibility index (Phi) is 6.66. The van der Waals surface area contributed by atoms with E-state index in [0.717, 1.165) is 28.2 Å². The summed E-state index contributed by atoms with van der Waals surface area (Å²) in [4.78, 5) is 19.6. The molecule has 0 bridgehead atoms. The molecule has 0 saturated heterocycles. The molecule has 0 radical (unpaired) electrons. The van der Waals surface area contributed by atoms with E-state index in [9.17, 15) is 12.8 Å². The van der Waals surface area contributed by atoms with Gasteiger partial charge in [-0.15, -0.1) is 0 Å². The highest BCUT2D eigenvalue weighted by Gasteiger charge is 2.33. The SMILES string of the molecule is COc1cc(NS(=O)(=O)N2Cc3[nH]c4ccc(Cl)cc4c3C(C)C2)ccc1F.O=C=O. The minimum atomic E-state index is -3.84. The number of anilines is 1. The highest BCUT2D eigenvalue weighted by molar-refractivity contribution is 7.90. The molecule has 0 fully saturated rings. The molecule has 31 heavy (non-hydrogen) atoms. The van der Waals surface area contributed by atoms with Crippen LogP contribution in [-0.2, 0) is 26.3 Å². The van der Waals surface area contributed by atoms with Gasteiger partial charge in [0.05, 0.1) is 19.3 Å². The lowest BCUT2D eigenvalue weighted by atomic mass is 9.95. The van der Waals surface area contributed by atoms with Crippen molar-refractivity contribution in [3.05, 3.63) is 58.5 Å². The van der Waals surface area contributed by atoms with Gasteiger partial charge < -0.3 is 9.72 Å². The summed E-state index contributed by atoms with van der Waals surface area (Å²) in [6, 6.07) is 9.43. The number of H-pyrrole nitrogens is 1. The maximum atomic E-state index is 13.6. The van der Waals surface area contributed by atoms with Crippen LogP contribution in [0.25, 0.3) is 10.9 Å². The normalized spacial score (nSPS) is 16.1. The van der Waals surface area contributed by atoms with E-state index in [0.29, 0.717) is 11.6 Å². The number of hydrogen-bond acceptors (Lipinski definition) is 5. The lowest BCUT2D eigenvalue weighted by Gasteiger charge is -2.30. The minimum Gasteiger partial charge on any atom is -0.494 e. The van der Waals surface area contributed by atoms with E-state index in [1.54, 1.807) is 6.07 Å². The van der Waals surface area contributed by atoms with Gasteiger partial charge in [0.2, 0.25) is 0 Å². The molecule has 1 atom stereocenters. The number of nitrogens with zero attached hydrogens (tertiary/aromatic N) is 1. The molecule has 2 N–H and O–H groups in total. The fraction of sp³-hybridized carbons (Fsp3) is 0.250. The van der Waals surface area contributed by atoms with Crippen molar-refractivity contribution in [3.63, 3.8) is 0 Å². The van der Waals surface area contributed by atoms with Crippen molar-refractivity contribution in [2.45, 2.75) is 19.4 Å². The number of methoxy groups -OCH3 is 1. The summed E-state index contributed by atoms with van der Waals surface area (Å²) in [7, 11) is -2.51. The molecule has 1 unspecified atom stereocenters. The average Bonchev–Trinajstić information content (AvgIpc) is 3.08. The highest BCUT2D eigenvalue weighted by Crippen LogP contribution is 2.36. The van der Waals surface area contributed by atoms with Crippen molar-refractivity contribution in [3.8, 4) is 5.75 Å². The second-order valence-electron chi connectivity index (χ2n) is 6.94. The van der Waals surface area contributed by atoms with Crippen LogP contribution in [0.1, 0.15) is 24.1 Å². The summed E-state index contributed by atoms with van der Waals surface area (Å²) in [5.74, 6) is -0.601. The topological polar surface area (TPSA) is 109 Å². The number of aromatic nitrogens is 1. The quantitative estimate of drug-likeness (QED) is 0.608. The summed E-state index contributed by atoms with van der Waals surface area (Å²) in [6.45, 7) is 2.51. The molecule has 3 aromatic rings. The molecule has 0 spiro atoms. The molecule has 2 aromatic carbocycles. The summed E-state index contributed by atoms with van der Waals surface area (Å²) in [6.07, 6.45) is 0.250. The molecule has 1 aromatic heterocycles. The fourth-order valence-corrected chi connectivity index (χ4v) is 5.13. The van der Waals surface area contributed by atoms with Crippen molar-refractivity contribution in [2.75, 3.05) is 18.4 Å². The van der Waals surface area contributed by atoms with Crippen LogP contribution in [0.5, 0.6) is 5.75 Å². The first kappa shape index (κ1) is 22.8. The summed E-state index contributed by atoms with van der Waals surface area (Å²) >= 11 is 6.13. The molecule has 4 rings (SSSR count). The number of aromatic amines is 1. The van der Waals surface area contributed by atoms with Crippen molar-refractivity contribution in [1.82, 2.24) is 9.29 Å². The average molecular weight is 468 g/mol. The van der Waals surface area contributed by atoms with Crippen LogP contribution in [0.4, 0.5) is 10.1 Å². The van der Waals surface area contributed by atoms with Crippen LogP contribution in [0, 0.1) is 5.82 Å². The van der Waals surface area contributed by atoms with E-state index in [2.05, 4.69) is 9.71 Å². The van der Waals surface area contributed by atoms with Crippen LogP contribution in [0.3, 0.4) is 0 Å². The van der Waals surface area contributed by atoms with Crippen LogP contribution in [0.2, 0.25) is 5.02 Å². The Morgan fingerprint density at radius 1 is 1.26 bits per heavy atom. The Labute approximate surface area is 183 Å². The fourth-order valence-electron chi connectivity index (χ4n) is 3.69. The Bertz CT molecular complexity index is 1260. The van der Waals surface area contributed by atoms with Crippen LogP contribution in [-0.4, -0.2) is 37.5 Å². The first-order valence-corrected chi connectivity index (χ1v) is 10.9. The number of nitrogens with one attached hydrogen (secondary N) is 2. The number of carbonyl (C=O) groups excluding carboxylic acids is 2. The third kappa shape index (κ3) is 4.72. The Morgan fingerprint density at radius 2 is 1.97 bits per heavy atom. The second kappa shape index (κ2) is 9.07. The minimum absolute atomic E-state index is 0.0182. The molecule has 8 nitrogen and oxygen atoms in total. The van der Waals surface area contributed by atoms with Crippen molar-refractivity contribution in [2.24, 2.45) is 0 Å². The molecule has 1 aliphatic heterocycles. The molecule has 0 aliphatic carbocycles. The molecule has 11 heteroatoms. The van der Waals surface area contributed by atoms with Crippen molar-refractivity contribution < 1.29 is 27.1 Å². The molecular formula is C20H19ClFN3O5S. The third-order valence-electron chi connectivity index (χ3n) is 4.93. The van der Waals surface area contributed by atoms with Gasteiger partial charge in [-0.05, 0) is 41.8 Å². The first-order chi connectivity index (χ1) is 14.7. The van der Waals surface area contributed by atoms with Crippen molar-refractivity contribution >= 4 is 44.6 Å². The summed E-state index contributed by atoms with van der Waals surface area (Å²) in [5.41, 5.74) is 3.10. The van der Waals surface area contributed by atoms with Crippen LogP contribution >= 0.6 is 11.6 Å². The zero-order chi connectivity index (χ0) is 22.8. The summed E-state index contributed by atoms with van der Waals surface area (Å²) < 4.78 is 48.2. The maximum absolute atomic E-state index is 13.6. The standard InChI is InChI=1S/C19H19ClFN3O3S.CO2/c1-11-9-24(10-17-19(11)14-7-12(20)3-6-16(14)22-17)28(25,26)23-13-4-5-15(21)18(8-13)27-2;2-1-3/h3-8,11,22-23H,9-10H2,1-2H3;. The van der Waals surface area contributed by atoms with Gasteiger partial charge in [0.15, 0.2) is 11.6 Å². The van der Waals surface area contributed by atoms with Gasteiger partial charge in [0.1, 0.15) is 0 Å². The molecular weight excluding hydrogens is 449 g/mol. The smallest absolute Gasteiger partial charge is 0.373 e. The largest absolute Gasteiger partial charge is 0.494 e. The molecule has 0 saturated carbocycles. The van der Waals surface area contributed by atoms with E-state index < -0.39 is 16.0 Å². The van der Waals surface area contributed by atoms with Gasteiger partial charge in [-0.1, -0.05) is 18.5 Å². The van der Waals surface area contributed by atoms with Gasteiger partial charge in [0.25, 0.3) is 0 Å². The zero-order valence-corrected chi connectivity index (χ0v) is 18.2. The number of rotatable bonds is 4. The Hall–Kier alpha value is -2.91. The third-order valence-corrected chi connectivity index (χ3v) is 6.61. The van der Waals surface area contributed by atoms with E-state index in [1.807, 2.05) is 19.1 Å². The van der Waals surface area contributed by atoms with Gasteiger partial charge in [-0.2, -0.15) is 22.3 Å². The zero-order valence-electron chi connectivity index (χ0n) is 16.6. The predicted molar refractivity (Wildman–Crippen MR) is 113 cm³/mol. The Balaban J connectivity index is 0.000000858. The summed E-state index contributed by atoms with van der Waals surface area (Å²) in [5, 5.41) is 1.66. The lowest BCUT2D eigenvalue weighted by Crippen LogP contribution is -2.40. The van der Waals surface area contributed by atoms with E-state index in [1.165, 1.54) is 23.5 Å². The van der Waals surface area contributed by atoms with Gasteiger partial charge in [-0.25, -0.2) is 4.39 Å². The molecule has 0 amide bonds. The highest BCUT2D eigenvalue weighted by atomic mass is 35.5. The number of ether oxygens (including phenoxy) is 1. The van der Waals surface area contributed by atoms with E-state index >= 15 is 0 Å². The van der Waals surface area contributed by atoms with Crippen molar-refractivity contribution in [1.29, 1.82) is 0 Å². The van der Waals surface area contributed by atoms with Crippen LogP contribution < -0.4 is 9.46 Å². The number of fused-ring (bicyclic) bond motifs is 3. The second-order valence-corrected chi connectivity index (χ2v) is 9.05. The molecule has 164 valence electrons. The monoisotopic (exact) mass is 467 g/mol. The number of hydrogen-bond donors (Lipinski definition) is 2. The predicted octanol–water partition coefficient (Wildman–Crippen LogP) is 3.66. The van der Waals surface area contributed by atoms with Gasteiger partial charge in [0, 0.05) is 34.2 Å². The van der Waals surface area contributed by atoms with Crippen LogP contribution in [0.15, 0.2) is 36.4 Å².